The molecule has 0 aliphatic carbocycles. The van der Waals surface area contributed by atoms with Crippen LogP contribution in [0.25, 0.3) is 0 Å². The summed E-state index contributed by atoms with van der Waals surface area (Å²) in [7, 11) is 0. The van der Waals surface area contributed by atoms with Crippen molar-refractivity contribution in [3.8, 4) is 0 Å². The van der Waals surface area contributed by atoms with Crippen molar-refractivity contribution in [3.05, 3.63) is 52.6 Å². The molecule has 0 aliphatic heterocycles. The Bertz CT molecular complexity index is 521. The highest BCUT2D eigenvalue weighted by Gasteiger charge is 2.27. The number of esters is 1. The van der Waals surface area contributed by atoms with Crippen LogP contribution in [0, 0.1) is 16.0 Å². The Kier molecular flexibility index (Phi) is 5.58. The molecule has 106 valence electrons. The van der Waals surface area contributed by atoms with Crippen molar-refractivity contribution in [1.82, 2.24) is 0 Å². The van der Waals surface area contributed by atoms with Crippen molar-refractivity contribution in [2.24, 2.45) is 5.92 Å². The number of benzene rings is 1. The molecule has 0 radical (unpaired) electrons. The van der Waals surface area contributed by atoms with E-state index in [0.29, 0.717) is 0 Å². The maximum absolute atomic E-state index is 12.2. The summed E-state index contributed by atoms with van der Waals surface area (Å²) in [5.41, 5.74) is 0.119. The van der Waals surface area contributed by atoms with Gasteiger partial charge in [0.1, 0.15) is 5.92 Å². The van der Waals surface area contributed by atoms with Crippen LogP contribution in [0.2, 0.25) is 0 Å². The van der Waals surface area contributed by atoms with Crippen molar-refractivity contribution in [1.29, 1.82) is 0 Å². The Hall–Kier alpha value is -2.50. The Morgan fingerprint density at radius 1 is 1.40 bits per heavy atom. The molecule has 0 aromatic heterocycles. The average molecular weight is 277 g/mol. The number of hydrogen-bond donors (Lipinski definition) is 0. The van der Waals surface area contributed by atoms with E-state index in [2.05, 4.69) is 6.58 Å². The second-order valence-electron chi connectivity index (χ2n) is 4.00. The lowest BCUT2D eigenvalue weighted by molar-refractivity contribution is -0.384. The van der Waals surface area contributed by atoms with Gasteiger partial charge in [0.05, 0.1) is 11.5 Å². The normalized spacial score (nSPS) is 11.4. The van der Waals surface area contributed by atoms with Gasteiger partial charge < -0.3 is 4.74 Å². The van der Waals surface area contributed by atoms with Gasteiger partial charge in [-0.15, -0.1) is 6.58 Å². The third-order valence-electron chi connectivity index (χ3n) is 2.65. The maximum Gasteiger partial charge on any atom is 0.317 e. The monoisotopic (exact) mass is 277 g/mol. The molecule has 0 heterocycles. The topological polar surface area (TPSA) is 86.5 Å². The number of ketones is 1. The van der Waals surface area contributed by atoms with Crippen molar-refractivity contribution >= 4 is 17.4 Å². The summed E-state index contributed by atoms with van der Waals surface area (Å²) < 4.78 is 4.85. The van der Waals surface area contributed by atoms with Crippen LogP contribution < -0.4 is 0 Å². The van der Waals surface area contributed by atoms with Crippen molar-refractivity contribution in [3.63, 3.8) is 0 Å². The predicted molar refractivity (Wildman–Crippen MR) is 72.4 cm³/mol. The van der Waals surface area contributed by atoms with Crippen molar-refractivity contribution < 1.29 is 19.2 Å². The Balaban J connectivity index is 2.96. The fourth-order valence-corrected chi connectivity index (χ4v) is 1.67. The zero-order valence-corrected chi connectivity index (χ0v) is 11.1. The number of allylic oxidation sites excluding steroid dienone is 1. The molecule has 0 aliphatic rings. The highest BCUT2D eigenvalue weighted by atomic mass is 16.6. The SMILES string of the molecule is C=CCC(C(=O)OCC)C(=O)c1ccc([N+](=O)[O-])cc1. The summed E-state index contributed by atoms with van der Waals surface area (Å²) >= 11 is 0. The number of carbonyl (C=O) groups is 2. The van der Waals surface area contributed by atoms with E-state index in [1.807, 2.05) is 0 Å². The molecule has 0 saturated heterocycles. The number of carbonyl (C=O) groups excluding carboxylic acids is 2. The molecule has 6 heteroatoms. The van der Waals surface area contributed by atoms with Gasteiger partial charge in [-0.05, 0) is 25.5 Å². The van der Waals surface area contributed by atoms with Crippen LogP contribution in [-0.2, 0) is 9.53 Å². The minimum atomic E-state index is -0.964. The highest BCUT2D eigenvalue weighted by Crippen LogP contribution is 2.18. The van der Waals surface area contributed by atoms with E-state index in [0.717, 1.165) is 0 Å². The molecule has 1 rings (SSSR count). The molecular formula is C14H15NO5. The minimum Gasteiger partial charge on any atom is -0.465 e. The lowest BCUT2D eigenvalue weighted by Crippen LogP contribution is -2.26. The lowest BCUT2D eigenvalue weighted by Gasteiger charge is -2.12. The van der Waals surface area contributed by atoms with Crippen LogP contribution in [0.5, 0.6) is 0 Å². The fourth-order valence-electron chi connectivity index (χ4n) is 1.67. The van der Waals surface area contributed by atoms with E-state index < -0.39 is 22.6 Å². The quantitative estimate of drug-likeness (QED) is 0.191. The van der Waals surface area contributed by atoms with E-state index in [1.54, 1.807) is 6.92 Å². The first-order valence-corrected chi connectivity index (χ1v) is 6.07. The van der Waals surface area contributed by atoms with Gasteiger partial charge in [-0.2, -0.15) is 0 Å². The van der Waals surface area contributed by atoms with E-state index >= 15 is 0 Å². The van der Waals surface area contributed by atoms with E-state index in [4.69, 9.17) is 4.74 Å². The zero-order chi connectivity index (χ0) is 15.1. The van der Waals surface area contributed by atoms with Crippen molar-refractivity contribution in [2.75, 3.05) is 6.61 Å². The van der Waals surface area contributed by atoms with Gasteiger partial charge in [0.15, 0.2) is 5.78 Å². The second kappa shape index (κ2) is 7.18. The van der Waals surface area contributed by atoms with Gasteiger partial charge in [-0.3, -0.25) is 19.7 Å². The third kappa shape index (κ3) is 3.74. The second-order valence-corrected chi connectivity index (χ2v) is 4.00. The van der Waals surface area contributed by atoms with Gasteiger partial charge >= 0.3 is 5.97 Å². The molecule has 6 nitrogen and oxygen atoms in total. The van der Waals surface area contributed by atoms with Gasteiger partial charge in [0.2, 0.25) is 0 Å². The number of nitrogens with zero attached hydrogens (tertiary/aromatic N) is 1. The summed E-state index contributed by atoms with van der Waals surface area (Å²) in [6.45, 7) is 5.34. The summed E-state index contributed by atoms with van der Waals surface area (Å²) in [5, 5.41) is 10.5. The van der Waals surface area contributed by atoms with Gasteiger partial charge in [0.25, 0.3) is 5.69 Å². The molecule has 0 N–H and O–H groups in total. The molecule has 1 aromatic rings. The number of non-ortho nitro benzene ring substituents is 1. The molecule has 20 heavy (non-hydrogen) atoms. The molecule has 0 saturated carbocycles. The molecule has 1 aromatic carbocycles. The predicted octanol–water partition coefficient (Wildman–Crippen LogP) is 2.53. The standard InChI is InChI=1S/C14H15NO5/c1-3-5-12(14(17)20-4-2)13(16)10-6-8-11(9-7-10)15(18)19/h3,6-9,12H,1,4-5H2,2H3. The van der Waals surface area contributed by atoms with Crippen LogP contribution in [0.15, 0.2) is 36.9 Å². The number of nitro groups is 1. The summed E-state index contributed by atoms with van der Waals surface area (Å²) in [4.78, 5) is 33.9. The smallest absolute Gasteiger partial charge is 0.317 e. The summed E-state index contributed by atoms with van der Waals surface area (Å²) in [6, 6.07) is 5.11. The van der Waals surface area contributed by atoms with Gasteiger partial charge in [-0.1, -0.05) is 6.08 Å². The van der Waals surface area contributed by atoms with Gasteiger partial charge in [0, 0.05) is 17.7 Å². The van der Waals surface area contributed by atoms with Crippen molar-refractivity contribution in [2.45, 2.75) is 13.3 Å². The molecule has 0 spiro atoms. The maximum atomic E-state index is 12.2. The number of hydrogen-bond acceptors (Lipinski definition) is 5. The Morgan fingerprint density at radius 2 is 2.00 bits per heavy atom. The lowest BCUT2D eigenvalue weighted by atomic mass is 9.94. The number of rotatable bonds is 7. The summed E-state index contributed by atoms with van der Waals surface area (Å²) in [5.74, 6) is -2.01. The van der Waals surface area contributed by atoms with Crippen LogP contribution in [0.3, 0.4) is 0 Å². The Morgan fingerprint density at radius 3 is 2.45 bits per heavy atom. The van der Waals surface area contributed by atoms with E-state index in [9.17, 15) is 19.7 Å². The first-order chi connectivity index (χ1) is 9.51. The van der Waals surface area contributed by atoms with E-state index in [-0.39, 0.29) is 24.3 Å². The number of Topliss-reactive ketones (excluding diaryl/α,β-unsaturated/α-hetero) is 1. The van der Waals surface area contributed by atoms with E-state index in [1.165, 1.54) is 30.3 Å². The fraction of sp³-hybridized carbons (Fsp3) is 0.286. The van der Waals surface area contributed by atoms with Crippen LogP contribution in [0.1, 0.15) is 23.7 Å². The minimum absolute atomic E-state index is 0.113. The van der Waals surface area contributed by atoms with Crippen LogP contribution in [0.4, 0.5) is 5.69 Å². The molecular weight excluding hydrogens is 262 g/mol. The summed E-state index contributed by atoms with van der Waals surface area (Å²) in [6.07, 6.45) is 1.62. The number of nitro benzene ring substituents is 1. The molecule has 1 atom stereocenters. The third-order valence-corrected chi connectivity index (χ3v) is 2.65. The molecule has 0 amide bonds. The largest absolute Gasteiger partial charge is 0.465 e. The zero-order valence-electron chi connectivity index (χ0n) is 11.1. The average Bonchev–Trinajstić information content (AvgIpc) is 2.44. The number of ether oxygens (including phenoxy) is 1. The Labute approximate surface area is 116 Å². The first kappa shape index (κ1) is 15.6. The van der Waals surface area contributed by atoms with Gasteiger partial charge in [-0.25, -0.2) is 0 Å². The molecule has 0 fully saturated rings. The molecule has 0 bridgehead atoms. The molecule has 1 unspecified atom stereocenters. The first-order valence-electron chi connectivity index (χ1n) is 6.07. The van der Waals surface area contributed by atoms with Crippen LogP contribution >= 0.6 is 0 Å². The van der Waals surface area contributed by atoms with Crippen LogP contribution in [-0.4, -0.2) is 23.3 Å². The highest BCUT2D eigenvalue weighted by molar-refractivity contribution is 6.08.